The molecule has 1 amide bonds. The lowest BCUT2D eigenvalue weighted by molar-refractivity contribution is 0.0950. The van der Waals surface area contributed by atoms with Crippen molar-refractivity contribution < 1.29 is 4.79 Å². The molecular formula is C18H22N2O. The van der Waals surface area contributed by atoms with Crippen LogP contribution in [0.2, 0.25) is 0 Å². The highest BCUT2D eigenvalue weighted by Gasteiger charge is 2.10. The molecule has 0 bridgehead atoms. The quantitative estimate of drug-likeness (QED) is 0.848. The number of anilines is 1. The minimum Gasteiger partial charge on any atom is -0.380 e. The molecule has 0 heterocycles. The predicted molar refractivity (Wildman–Crippen MR) is 87.4 cm³/mol. The molecule has 2 aromatic rings. The second-order valence-corrected chi connectivity index (χ2v) is 5.49. The smallest absolute Gasteiger partial charge is 0.253 e. The van der Waals surface area contributed by atoms with Crippen molar-refractivity contribution in [2.75, 3.05) is 11.9 Å². The van der Waals surface area contributed by atoms with Crippen LogP contribution in [0.4, 0.5) is 5.69 Å². The van der Waals surface area contributed by atoms with Crippen LogP contribution in [0.3, 0.4) is 0 Å². The first kappa shape index (κ1) is 15.1. The number of amides is 1. The SMILES string of the molecule is CC(C)CNC(=O)c1ccccc1NCc1ccccc1. The predicted octanol–water partition coefficient (Wildman–Crippen LogP) is 3.68. The summed E-state index contributed by atoms with van der Waals surface area (Å²) >= 11 is 0. The van der Waals surface area contributed by atoms with Crippen LogP contribution in [-0.2, 0) is 6.54 Å². The van der Waals surface area contributed by atoms with Gasteiger partial charge in [-0.15, -0.1) is 0 Å². The zero-order chi connectivity index (χ0) is 15.1. The lowest BCUT2D eigenvalue weighted by atomic mass is 10.1. The van der Waals surface area contributed by atoms with Gasteiger partial charge in [0.25, 0.3) is 5.91 Å². The molecule has 0 unspecified atom stereocenters. The first-order valence-electron chi connectivity index (χ1n) is 7.32. The normalized spacial score (nSPS) is 10.4. The number of carbonyl (C=O) groups is 1. The molecule has 3 nitrogen and oxygen atoms in total. The third-order valence-electron chi connectivity index (χ3n) is 3.17. The Labute approximate surface area is 126 Å². The number of benzene rings is 2. The Morgan fingerprint density at radius 3 is 2.38 bits per heavy atom. The number of carbonyl (C=O) groups excluding carboxylic acids is 1. The Bertz CT molecular complexity index is 579. The molecule has 2 aromatic carbocycles. The summed E-state index contributed by atoms with van der Waals surface area (Å²) in [7, 11) is 0. The molecule has 110 valence electrons. The van der Waals surface area contributed by atoms with Crippen molar-refractivity contribution in [1.82, 2.24) is 5.32 Å². The van der Waals surface area contributed by atoms with Gasteiger partial charge in [0, 0.05) is 18.8 Å². The molecule has 0 aromatic heterocycles. The van der Waals surface area contributed by atoms with E-state index in [9.17, 15) is 4.79 Å². The van der Waals surface area contributed by atoms with Crippen LogP contribution in [-0.4, -0.2) is 12.5 Å². The van der Waals surface area contributed by atoms with Gasteiger partial charge in [-0.3, -0.25) is 4.79 Å². The van der Waals surface area contributed by atoms with Crippen molar-refractivity contribution in [2.24, 2.45) is 5.92 Å². The van der Waals surface area contributed by atoms with Crippen molar-refractivity contribution >= 4 is 11.6 Å². The van der Waals surface area contributed by atoms with E-state index in [0.29, 0.717) is 24.6 Å². The molecule has 0 aliphatic carbocycles. The van der Waals surface area contributed by atoms with Crippen LogP contribution >= 0.6 is 0 Å². The molecule has 0 saturated heterocycles. The molecule has 3 heteroatoms. The van der Waals surface area contributed by atoms with E-state index >= 15 is 0 Å². The Balaban J connectivity index is 2.04. The first-order valence-corrected chi connectivity index (χ1v) is 7.32. The first-order chi connectivity index (χ1) is 10.2. The average molecular weight is 282 g/mol. The summed E-state index contributed by atoms with van der Waals surface area (Å²) < 4.78 is 0. The molecular weight excluding hydrogens is 260 g/mol. The lowest BCUT2D eigenvalue weighted by Gasteiger charge is -2.13. The summed E-state index contributed by atoms with van der Waals surface area (Å²) in [5.41, 5.74) is 2.74. The van der Waals surface area contributed by atoms with E-state index in [0.717, 1.165) is 5.69 Å². The van der Waals surface area contributed by atoms with E-state index in [1.54, 1.807) is 0 Å². The highest BCUT2D eigenvalue weighted by molar-refractivity contribution is 5.99. The summed E-state index contributed by atoms with van der Waals surface area (Å²) in [6.07, 6.45) is 0. The van der Waals surface area contributed by atoms with Gasteiger partial charge in [0.05, 0.1) is 5.56 Å². The summed E-state index contributed by atoms with van der Waals surface area (Å²) in [5, 5.41) is 6.30. The van der Waals surface area contributed by atoms with Gasteiger partial charge < -0.3 is 10.6 Å². The molecule has 0 fully saturated rings. The van der Waals surface area contributed by atoms with E-state index in [2.05, 4.69) is 36.6 Å². The molecule has 0 radical (unpaired) electrons. The number of hydrogen-bond donors (Lipinski definition) is 2. The molecule has 0 saturated carbocycles. The minimum atomic E-state index is -0.0279. The second kappa shape index (κ2) is 7.48. The van der Waals surface area contributed by atoms with Crippen LogP contribution in [0.5, 0.6) is 0 Å². The van der Waals surface area contributed by atoms with Crippen LogP contribution in [0.15, 0.2) is 54.6 Å². The standard InChI is InChI=1S/C18H22N2O/c1-14(2)12-20-18(21)16-10-6-7-11-17(16)19-13-15-8-4-3-5-9-15/h3-11,14,19H,12-13H2,1-2H3,(H,20,21). The molecule has 0 aliphatic heterocycles. The Kier molecular flexibility index (Phi) is 5.38. The van der Waals surface area contributed by atoms with Crippen molar-refractivity contribution in [1.29, 1.82) is 0 Å². The number of rotatable bonds is 6. The van der Waals surface area contributed by atoms with Gasteiger partial charge >= 0.3 is 0 Å². The monoisotopic (exact) mass is 282 g/mol. The Morgan fingerprint density at radius 2 is 1.67 bits per heavy atom. The third kappa shape index (κ3) is 4.63. The van der Waals surface area contributed by atoms with E-state index in [1.165, 1.54) is 5.56 Å². The van der Waals surface area contributed by atoms with Crippen LogP contribution in [0, 0.1) is 5.92 Å². The maximum Gasteiger partial charge on any atom is 0.253 e. The largest absolute Gasteiger partial charge is 0.380 e. The summed E-state index contributed by atoms with van der Waals surface area (Å²) in [6.45, 7) is 5.56. The van der Waals surface area contributed by atoms with Gasteiger partial charge in [-0.05, 0) is 23.6 Å². The number of hydrogen-bond acceptors (Lipinski definition) is 2. The minimum absolute atomic E-state index is 0.0279. The van der Waals surface area contributed by atoms with Crippen LogP contribution in [0.1, 0.15) is 29.8 Å². The maximum atomic E-state index is 12.2. The highest BCUT2D eigenvalue weighted by Crippen LogP contribution is 2.16. The number of para-hydroxylation sites is 1. The maximum absolute atomic E-state index is 12.2. The lowest BCUT2D eigenvalue weighted by Crippen LogP contribution is -2.28. The summed E-state index contributed by atoms with van der Waals surface area (Å²) in [5.74, 6) is 0.415. The van der Waals surface area contributed by atoms with Crippen LogP contribution < -0.4 is 10.6 Å². The average Bonchev–Trinajstić information content (AvgIpc) is 2.52. The van der Waals surface area contributed by atoms with Gasteiger partial charge in [0.15, 0.2) is 0 Å². The highest BCUT2D eigenvalue weighted by atomic mass is 16.1. The second-order valence-electron chi connectivity index (χ2n) is 5.49. The van der Waals surface area contributed by atoms with Crippen molar-refractivity contribution in [2.45, 2.75) is 20.4 Å². The zero-order valence-corrected chi connectivity index (χ0v) is 12.6. The Morgan fingerprint density at radius 1 is 1.00 bits per heavy atom. The molecule has 0 aliphatic rings. The third-order valence-corrected chi connectivity index (χ3v) is 3.17. The molecule has 0 atom stereocenters. The van der Waals surface area contributed by atoms with Gasteiger partial charge in [-0.2, -0.15) is 0 Å². The zero-order valence-electron chi connectivity index (χ0n) is 12.6. The van der Waals surface area contributed by atoms with E-state index < -0.39 is 0 Å². The van der Waals surface area contributed by atoms with Crippen molar-refractivity contribution in [3.8, 4) is 0 Å². The number of nitrogens with one attached hydrogen (secondary N) is 2. The summed E-state index contributed by atoms with van der Waals surface area (Å²) in [4.78, 5) is 12.2. The van der Waals surface area contributed by atoms with E-state index in [1.807, 2.05) is 42.5 Å². The van der Waals surface area contributed by atoms with E-state index in [-0.39, 0.29) is 5.91 Å². The van der Waals surface area contributed by atoms with Gasteiger partial charge in [0.1, 0.15) is 0 Å². The van der Waals surface area contributed by atoms with Crippen molar-refractivity contribution in [3.05, 3.63) is 65.7 Å². The fourth-order valence-corrected chi connectivity index (χ4v) is 2.02. The van der Waals surface area contributed by atoms with Gasteiger partial charge in [-0.1, -0.05) is 56.3 Å². The van der Waals surface area contributed by atoms with Gasteiger partial charge in [-0.25, -0.2) is 0 Å². The Hall–Kier alpha value is -2.29. The van der Waals surface area contributed by atoms with E-state index in [4.69, 9.17) is 0 Å². The molecule has 0 spiro atoms. The van der Waals surface area contributed by atoms with Crippen molar-refractivity contribution in [3.63, 3.8) is 0 Å². The molecule has 2 N–H and O–H groups in total. The van der Waals surface area contributed by atoms with Gasteiger partial charge in [0.2, 0.25) is 0 Å². The summed E-state index contributed by atoms with van der Waals surface area (Å²) in [6, 6.07) is 17.8. The fourth-order valence-electron chi connectivity index (χ4n) is 2.02. The molecule has 21 heavy (non-hydrogen) atoms. The van der Waals surface area contributed by atoms with Crippen LogP contribution in [0.25, 0.3) is 0 Å². The molecule has 2 rings (SSSR count). The topological polar surface area (TPSA) is 41.1 Å². The fraction of sp³-hybridized carbons (Fsp3) is 0.278.